The van der Waals surface area contributed by atoms with Crippen molar-refractivity contribution in [2.24, 2.45) is 5.92 Å². The SMILES string of the molecule is C[C@H](Cn1cnc2c(N)ncnc21)OCP(=O)(O)OCCCCCCCCCCCCCCCC#CC1CCC1. The maximum Gasteiger partial charge on any atom is 0.353 e. The van der Waals surface area contributed by atoms with Crippen molar-refractivity contribution in [1.29, 1.82) is 0 Å². The molecule has 10 heteroatoms. The molecule has 2 aromatic rings. The van der Waals surface area contributed by atoms with Crippen LogP contribution in [0.15, 0.2) is 12.7 Å². The maximum atomic E-state index is 12.3. The minimum atomic E-state index is -3.78. The fourth-order valence-corrected chi connectivity index (χ4v) is 5.79. The number of imidazole rings is 1. The third-order valence-corrected chi connectivity index (χ3v) is 8.62. The Kier molecular flexibility index (Phi) is 15.0. The first-order valence-corrected chi connectivity index (χ1v) is 17.2. The second-order valence-electron chi connectivity index (χ2n) is 11.2. The van der Waals surface area contributed by atoms with Crippen LogP contribution in [0.2, 0.25) is 0 Å². The summed E-state index contributed by atoms with van der Waals surface area (Å²) < 4.78 is 25.0. The van der Waals surface area contributed by atoms with Crippen LogP contribution in [0.1, 0.15) is 116 Å². The van der Waals surface area contributed by atoms with E-state index in [1.54, 1.807) is 10.9 Å². The second-order valence-corrected chi connectivity index (χ2v) is 13.0. The summed E-state index contributed by atoms with van der Waals surface area (Å²) in [6.07, 6.45) is 23.6. The lowest BCUT2D eigenvalue weighted by Gasteiger charge is -2.18. The fourth-order valence-electron chi connectivity index (χ4n) is 4.86. The molecule has 0 radical (unpaired) electrons. The van der Waals surface area contributed by atoms with Gasteiger partial charge in [0, 0.05) is 12.3 Å². The number of hydrogen-bond acceptors (Lipinski definition) is 7. The van der Waals surface area contributed by atoms with Gasteiger partial charge in [-0.15, -0.1) is 5.92 Å². The molecular formula is C30H50N5O4P. The maximum absolute atomic E-state index is 12.3. The van der Waals surface area contributed by atoms with Gasteiger partial charge in [-0.3, -0.25) is 4.57 Å². The van der Waals surface area contributed by atoms with Crippen LogP contribution in [0.25, 0.3) is 11.2 Å². The van der Waals surface area contributed by atoms with E-state index in [9.17, 15) is 9.46 Å². The highest BCUT2D eigenvalue weighted by Gasteiger charge is 2.21. The Balaban J connectivity index is 1.08. The number of ether oxygens (including phenoxy) is 1. The van der Waals surface area contributed by atoms with Gasteiger partial charge >= 0.3 is 7.60 Å². The van der Waals surface area contributed by atoms with E-state index in [0.717, 1.165) is 31.6 Å². The van der Waals surface area contributed by atoms with Gasteiger partial charge in [0.25, 0.3) is 0 Å². The number of unbranched alkanes of at least 4 members (excludes halogenated alkanes) is 13. The molecule has 0 saturated heterocycles. The first kappa shape index (κ1) is 32.5. The summed E-state index contributed by atoms with van der Waals surface area (Å²) in [6.45, 7) is 2.52. The Morgan fingerprint density at radius 1 is 1.00 bits per heavy atom. The van der Waals surface area contributed by atoms with E-state index in [2.05, 4.69) is 26.8 Å². The number of fused-ring (bicyclic) bond motifs is 1. The van der Waals surface area contributed by atoms with Gasteiger partial charge < -0.3 is 24.5 Å². The lowest BCUT2D eigenvalue weighted by Crippen LogP contribution is -2.17. The van der Waals surface area contributed by atoms with Crippen molar-refractivity contribution in [3.05, 3.63) is 12.7 Å². The molecule has 2 aromatic heterocycles. The van der Waals surface area contributed by atoms with Crippen LogP contribution in [0, 0.1) is 17.8 Å². The zero-order valence-electron chi connectivity index (χ0n) is 24.4. The molecule has 1 aliphatic carbocycles. The predicted molar refractivity (Wildman–Crippen MR) is 161 cm³/mol. The van der Waals surface area contributed by atoms with Gasteiger partial charge in [-0.1, -0.05) is 83.0 Å². The largest absolute Gasteiger partial charge is 0.382 e. The molecular weight excluding hydrogens is 525 g/mol. The molecule has 1 unspecified atom stereocenters. The van der Waals surface area contributed by atoms with E-state index in [1.807, 2.05) is 6.92 Å². The van der Waals surface area contributed by atoms with Crippen LogP contribution in [0.4, 0.5) is 5.82 Å². The molecule has 3 N–H and O–H groups in total. The molecule has 0 amide bonds. The highest BCUT2D eigenvalue weighted by atomic mass is 31.2. The summed E-state index contributed by atoms with van der Waals surface area (Å²) in [4.78, 5) is 22.4. The molecule has 0 aromatic carbocycles. The molecule has 40 heavy (non-hydrogen) atoms. The molecule has 0 spiro atoms. The Hall–Kier alpha value is -1.98. The van der Waals surface area contributed by atoms with Gasteiger partial charge in [0.1, 0.15) is 18.2 Å². The minimum absolute atomic E-state index is 0.279. The van der Waals surface area contributed by atoms with E-state index in [1.165, 1.54) is 89.8 Å². The second kappa shape index (κ2) is 18.5. The van der Waals surface area contributed by atoms with Crippen LogP contribution in [-0.2, 0) is 20.4 Å². The third kappa shape index (κ3) is 12.7. The topological polar surface area (TPSA) is 125 Å². The number of rotatable bonds is 21. The fraction of sp³-hybridized carbons (Fsp3) is 0.767. The smallest absolute Gasteiger partial charge is 0.353 e. The van der Waals surface area contributed by atoms with Crippen LogP contribution in [0.5, 0.6) is 0 Å². The standard InChI is InChI=1S/C30H50N5O4P/c1-26(22-35-24-34-28-29(31)32-23-33-30(28)35)38-25-40(36,37)39-21-16-14-12-10-8-6-4-2-3-5-7-9-11-13-15-18-27-19-17-20-27/h23-24,26-27H,2-14,16-17,19-22,25H2,1H3,(H,36,37)(H2,31,32,33)/t26-/m1/s1. The minimum Gasteiger partial charge on any atom is -0.382 e. The zero-order valence-corrected chi connectivity index (χ0v) is 25.3. The summed E-state index contributed by atoms with van der Waals surface area (Å²) in [5.41, 5.74) is 6.95. The number of aromatic nitrogens is 4. The molecule has 9 nitrogen and oxygen atoms in total. The molecule has 1 aliphatic rings. The third-order valence-electron chi connectivity index (χ3n) is 7.56. The molecule has 2 atom stereocenters. The van der Waals surface area contributed by atoms with E-state index in [4.69, 9.17) is 15.0 Å². The molecule has 0 aliphatic heterocycles. The van der Waals surface area contributed by atoms with E-state index in [-0.39, 0.29) is 19.1 Å². The van der Waals surface area contributed by atoms with Crippen LogP contribution in [-0.4, -0.2) is 43.5 Å². The first-order chi connectivity index (χ1) is 19.4. The first-order valence-electron chi connectivity index (χ1n) is 15.4. The zero-order chi connectivity index (χ0) is 28.5. The van der Waals surface area contributed by atoms with Crippen molar-refractivity contribution in [2.45, 2.75) is 129 Å². The summed E-state index contributed by atoms with van der Waals surface area (Å²) in [5, 5.41) is 0. The lowest BCUT2D eigenvalue weighted by atomic mass is 9.86. The van der Waals surface area contributed by atoms with Gasteiger partial charge in [-0.25, -0.2) is 15.0 Å². The highest BCUT2D eigenvalue weighted by molar-refractivity contribution is 7.52. The Morgan fingerprint density at radius 3 is 2.25 bits per heavy atom. The van der Waals surface area contributed by atoms with Crippen molar-refractivity contribution >= 4 is 24.6 Å². The summed E-state index contributed by atoms with van der Waals surface area (Å²) in [7, 11) is -3.78. The van der Waals surface area contributed by atoms with E-state index in [0.29, 0.717) is 23.5 Å². The van der Waals surface area contributed by atoms with Crippen LogP contribution in [0.3, 0.4) is 0 Å². The lowest BCUT2D eigenvalue weighted by molar-refractivity contribution is 0.0715. The van der Waals surface area contributed by atoms with Gasteiger partial charge in [0.15, 0.2) is 11.5 Å². The molecule has 2 heterocycles. The summed E-state index contributed by atoms with van der Waals surface area (Å²) in [5.74, 6) is 7.81. The van der Waals surface area contributed by atoms with Crippen molar-refractivity contribution in [3.63, 3.8) is 0 Å². The molecule has 3 rings (SSSR count). The number of anilines is 1. The van der Waals surface area contributed by atoms with Crippen molar-refractivity contribution in [2.75, 3.05) is 18.7 Å². The average Bonchev–Trinajstić information content (AvgIpc) is 3.31. The Labute approximate surface area is 240 Å². The van der Waals surface area contributed by atoms with Gasteiger partial charge in [0.05, 0.1) is 25.6 Å². The predicted octanol–water partition coefficient (Wildman–Crippen LogP) is 7.24. The summed E-state index contributed by atoms with van der Waals surface area (Å²) >= 11 is 0. The van der Waals surface area contributed by atoms with Crippen molar-refractivity contribution in [1.82, 2.24) is 19.5 Å². The van der Waals surface area contributed by atoms with E-state index < -0.39 is 7.60 Å². The van der Waals surface area contributed by atoms with Crippen LogP contribution >= 0.6 is 7.60 Å². The number of nitrogens with zero attached hydrogens (tertiary/aromatic N) is 4. The Bertz CT molecular complexity index is 1090. The van der Waals surface area contributed by atoms with Crippen molar-refractivity contribution in [3.8, 4) is 11.8 Å². The molecule has 1 fully saturated rings. The van der Waals surface area contributed by atoms with Crippen molar-refractivity contribution < 1.29 is 18.7 Å². The number of nitrogen functional groups attached to an aromatic ring is 1. The van der Waals surface area contributed by atoms with E-state index >= 15 is 0 Å². The molecule has 224 valence electrons. The Morgan fingerprint density at radius 2 is 1.62 bits per heavy atom. The monoisotopic (exact) mass is 575 g/mol. The number of hydrogen-bond donors (Lipinski definition) is 2. The molecule has 1 saturated carbocycles. The van der Waals surface area contributed by atoms with Crippen LogP contribution < -0.4 is 5.73 Å². The highest BCUT2D eigenvalue weighted by Crippen LogP contribution is 2.42. The van der Waals surface area contributed by atoms with Gasteiger partial charge in [-0.05, 0) is 32.6 Å². The van der Waals surface area contributed by atoms with Gasteiger partial charge in [-0.2, -0.15) is 0 Å². The number of nitrogens with two attached hydrogens (primary N) is 1. The normalized spacial score (nSPS) is 15.8. The quantitative estimate of drug-likeness (QED) is 0.0906. The average molecular weight is 576 g/mol. The molecule has 0 bridgehead atoms. The summed E-state index contributed by atoms with van der Waals surface area (Å²) in [6, 6.07) is 0. The van der Waals surface area contributed by atoms with Gasteiger partial charge in [0.2, 0.25) is 0 Å².